The Morgan fingerprint density at radius 2 is 1.46 bits per heavy atom. The summed E-state index contributed by atoms with van der Waals surface area (Å²) in [4.78, 5) is 29.9. The van der Waals surface area contributed by atoms with E-state index in [9.17, 15) is 22.4 Å². The number of methoxy groups -OCH3 is 1. The van der Waals surface area contributed by atoms with Crippen LogP contribution in [0.4, 0.5) is 10.1 Å². The molecule has 0 aliphatic rings. The van der Waals surface area contributed by atoms with Crippen LogP contribution in [-0.4, -0.2) is 50.4 Å². The maximum atomic E-state index is 14.6. The average molecular weight is 646 g/mol. The van der Waals surface area contributed by atoms with Crippen LogP contribution in [0.5, 0.6) is 5.75 Å². The number of rotatable bonds is 12. The number of hydrogen-bond donors (Lipinski definition) is 1. The Bertz CT molecular complexity index is 1740. The van der Waals surface area contributed by atoms with Crippen LogP contribution in [0.1, 0.15) is 37.5 Å². The van der Waals surface area contributed by atoms with E-state index >= 15 is 0 Å². The second-order valence-electron chi connectivity index (χ2n) is 12.1. The van der Waals surface area contributed by atoms with Crippen molar-refractivity contribution in [3.05, 3.63) is 126 Å². The largest absolute Gasteiger partial charge is 0.495 e. The van der Waals surface area contributed by atoms with Gasteiger partial charge in [-0.1, -0.05) is 72.3 Å². The highest BCUT2D eigenvalue weighted by molar-refractivity contribution is 7.92. The Balaban J connectivity index is 1.84. The molecule has 0 fully saturated rings. The lowest BCUT2D eigenvalue weighted by Gasteiger charge is -2.35. The van der Waals surface area contributed by atoms with E-state index in [2.05, 4.69) is 5.32 Å². The fraction of sp³-hybridized carbons (Fsp3) is 0.278. The molecule has 4 aromatic carbocycles. The van der Waals surface area contributed by atoms with E-state index in [1.807, 2.05) is 58.0 Å². The quantitative estimate of drug-likeness (QED) is 0.207. The first-order valence-corrected chi connectivity index (χ1v) is 16.3. The molecule has 0 bridgehead atoms. The van der Waals surface area contributed by atoms with Crippen molar-refractivity contribution in [3.8, 4) is 5.75 Å². The Morgan fingerprint density at radius 3 is 2.07 bits per heavy atom. The zero-order chi connectivity index (χ0) is 33.5. The van der Waals surface area contributed by atoms with Crippen LogP contribution in [0.15, 0.2) is 108 Å². The van der Waals surface area contributed by atoms with Crippen LogP contribution in [0.25, 0.3) is 0 Å². The summed E-state index contributed by atoms with van der Waals surface area (Å²) in [6.07, 6.45) is 0.162. The van der Waals surface area contributed by atoms with E-state index in [1.165, 1.54) is 48.4 Å². The van der Waals surface area contributed by atoms with Crippen LogP contribution < -0.4 is 14.4 Å². The van der Waals surface area contributed by atoms with Gasteiger partial charge >= 0.3 is 0 Å². The van der Waals surface area contributed by atoms with Gasteiger partial charge in [-0.15, -0.1) is 0 Å². The van der Waals surface area contributed by atoms with Gasteiger partial charge in [0, 0.05) is 18.5 Å². The normalized spacial score (nSPS) is 12.2. The number of hydrogen-bond acceptors (Lipinski definition) is 5. The number of anilines is 1. The van der Waals surface area contributed by atoms with Crippen LogP contribution in [0.2, 0.25) is 0 Å². The summed E-state index contributed by atoms with van der Waals surface area (Å²) < 4.78 is 48.8. The fourth-order valence-electron chi connectivity index (χ4n) is 4.98. The zero-order valence-electron chi connectivity index (χ0n) is 26.7. The molecule has 0 aliphatic heterocycles. The van der Waals surface area contributed by atoms with E-state index in [4.69, 9.17) is 4.74 Å². The third-order valence-corrected chi connectivity index (χ3v) is 9.05. The molecule has 4 aromatic rings. The Hall–Kier alpha value is -4.70. The molecule has 1 atom stereocenters. The molecule has 242 valence electrons. The predicted molar refractivity (Wildman–Crippen MR) is 177 cm³/mol. The number of aryl methyl sites for hydroxylation is 1. The number of nitrogens with zero attached hydrogens (tertiary/aromatic N) is 2. The molecular weight excluding hydrogens is 605 g/mol. The second-order valence-corrected chi connectivity index (χ2v) is 14.0. The summed E-state index contributed by atoms with van der Waals surface area (Å²) >= 11 is 0. The fourth-order valence-corrected chi connectivity index (χ4v) is 6.40. The van der Waals surface area contributed by atoms with Crippen LogP contribution in [0.3, 0.4) is 0 Å². The molecule has 46 heavy (non-hydrogen) atoms. The molecule has 10 heteroatoms. The number of nitrogens with one attached hydrogen (secondary N) is 1. The molecule has 0 saturated heterocycles. The maximum absolute atomic E-state index is 14.6. The number of carbonyl (C=O) groups excluding carboxylic acids is 2. The van der Waals surface area contributed by atoms with Gasteiger partial charge in [-0.2, -0.15) is 0 Å². The molecule has 0 radical (unpaired) electrons. The summed E-state index contributed by atoms with van der Waals surface area (Å²) in [6, 6.07) is 26.8. The van der Waals surface area contributed by atoms with E-state index in [-0.39, 0.29) is 29.3 Å². The number of amides is 2. The van der Waals surface area contributed by atoms with Crippen molar-refractivity contribution >= 4 is 27.5 Å². The second kappa shape index (κ2) is 14.6. The predicted octanol–water partition coefficient (Wildman–Crippen LogP) is 5.89. The smallest absolute Gasteiger partial charge is 0.264 e. The van der Waals surface area contributed by atoms with Gasteiger partial charge in [-0.25, -0.2) is 12.8 Å². The molecule has 0 aliphatic carbocycles. The number of para-hydroxylation sites is 2. The minimum absolute atomic E-state index is 0.00629. The molecule has 0 spiro atoms. The number of carbonyl (C=O) groups is 2. The summed E-state index contributed by atoms with van der Waals surface area (Å²) in [5, 5.41) is 2.99. The highest BCUT2D eigenvalue weighted by atomic mass is 32.2. The third-order valence-electron chi connectivity index (χ3n) is 7.28. The van der Waals surface area contributed by atoms with Crippen molar-refractivity contribution in [3.63, 3.8) is 0 Å². The lowest BCUT2D eigenvalue weighted by molar-refractivity contribution is -0.140. The van der Waals surface area contributed by atoms with Gasteiger partial charge in [0.25, 0.3) is 10.0 Å². The zero-order valence-corrected chi connectivity index (χ0v) is 27.6. The maximum Gasteiger partial charge on any atom is 0.264 e. The Morgan fingerprint density at radius 1 is 0.848 bits per heavy atom. The SMILES string of the molecule is COc1ccccc1N(CC(=O)N(Cc1ccc(F)cc1)C(Cc1ccccc1)C(=O)NC(C)(C)C)S(=O)(=O)c1ccc(C)cc1. The Labute approximate surface area is 270 Å². The highest BCUT2D eigenvalue weighted by Crippen LogP contribution is 2.33. The minimum atomic E-state index is -4.29. The van der Waals surface area contributed by atoms with E-state index in [0.29, 0.717) is 5.56 Å². The van der Waals surface area contributed by atoms with E-state index < -0.39 is 45.8 Å². The van der Waals surface area contributed by atoms with Crippen molar-refractivity contribution in [2.24, 2.45) is 0 Å². The molecule has 8 nitrogen and oxygen atoms in total. The van der Waals surface area contributed by atoms with Gasteiger partial charge in [0.1, 0.15) is 24.2 Å². The first-order chi connectivity index (χ1) is 21.8. The van der Waals surface area contributed by atoms with Gasteiger partial charge in [-0.05, 0) is 75.2 Å². The number of ether oxygens (including phenoxy) is 1. The van der Waals surface area contributed by atoms with Crippen molar-refractivity contribution in [1.82, 2.24) is 10.2 Å². The van der Waals surface area contributed by atoms with Gasteiger partial charge in [0.15, 0.2) is 0 Å². The first kappa shape index (κ1) is 34.2. The molecule has 4 rings (SSSR count). The highest BCUT2D eigenvalue weighted by Gasteiger charge is 2.36. The monoisotopic (exact) mass is 645 g/mol. The van der Waals surface area contributed by atoms with E-state index in [0.717, 1.165) is 15.4 Å². The van der Waals surface area contributed by atoms with Gasteiger partial charge in [0.05, 0.1) is 17.7 Å². The molecule has 2 amide bonds. The summed E-state index contributed by atoms with van der Waals surface area (Å²) in [7, 11) is -2.87. The van der Waals surface area contributed by atoms with Crippen LogP contribution in [-0.2, 0) is 32.6 Å². The number of halogens is 1. The molecule has 0 aromatic heterocycles. The lowest BCUT2D eigenvalue weighted by Crippen LogP contribution is -2.56. The van der Waals surface area contributed by atoms with Crippen LogP contribution in [0, 0.1) is 12.7 Å². The topological polar surface area (TPSA) is 96.0 Å². The average Bonchev–Trinajstić information content (AvgIpc) is 3.02. The Kier molecular flexibility index (Phi) is 10.8. The van der Waals surface area contributed by atoms with Gasteiger partial charge < -0.3 is 15.0 Å². The summed E-state index contributed by atoms with van der Waals surface area (Å²) in [5.74, 6) is -1.23. The third kappa shape index (κ3) is 8.72. The summed E-state index contributed by atoms with van der Waals surface area (Å²) in [6.45, 7) is 6.67. The standard InChI is InChI=1S/C36H40FN3O5S/c1-26-15-21-30(22-16-26)46(43,44)40(31-13-9-10-14-33(31)45-5)25-34(41)39(24-28-17-19-29(37)20-18-28)32(35(42)38-36(2,3)4)23-27-11-7-6-8-12-27/h6-22,32H,23-25H2,1-5H3,(H,38,42). The van der Waals surface area contributed by atoms with Crippen molar-refractivity contribution in [2.75, 3.05) is 18.0 Å². The van der Waals surface area contributed by atoms with Gasteiger partial charge in [0.2, 0.25) is 11.8 Å². The van der Waals surface area contributed by atoms with Gasteiger partial charge in [-0.3, -0.25) is 13.9 Å². The lowest BCUT2D eigenvalue weighted by atomic mass is 10.0. The minimum Gasteiger partial charge on any atom is -0.495 e. The molecule has 0 saturated carbocycles. The van der Waals surface area contributed by atoms with E-state index in [1.54, 1.807) is 36.4 Å². The molecular formula is C36H40FN3O5S. The van der Waals surface area contributed by atoms with Crippen molar-refractivity contribution in [2.45, 2.75) is 57.1 Å². The number of benzene rings is 4. The number of sulfonamides is 1. The van der Waals surface area contributed by atoms with Crippen molar-refractivity contribution in [1.29, 1.82) is 0 Å². The molecule has 0 heterocycles. The van der Waals surface area contributed by atoms with Crippen molar-refractivity contribution < 1.29 is 27.1 Å². The summed E-state index contributed by atoms with van der Waals surface area (Å²) in [5.41, 5.74) is 1.80. The molecule has 1 N–H and O–H groups in total. The molecule has 1 unspecified atom stereocenters. The first-order valence-electron chi connectivity index (χ1n) is 14.9. The van der Waals surface area contributed by atoms with Crippen LogP contribution >= 0.6 is 0 Å².